The van der Waals surface area contributed by atoms with Crippen molar-refractivity contribution in [2.75, 3.05) is 13.7 Å². The molecule has 0 N–H and O–H groups in total. The zero-order valence-electron chi connectivity index (χ0n) is 13.3. The van der Waals surface area contributed by atoms with E-state index in [0.29, 0.717) is 28.0 Å². The van der Waals surface area contributed by atoms with E-state index in [-0.39, 0.29) is 12.0 Å². The largest absolute Gasteiger partial charge is 0.468 e. The standard InChI is InChI=1S/C17H18Cl2N2O3/c1-23-17(22)16-4-2-3-7-21(16)10-12-9-15(20-24-12)13-6-5-11(18)8-14(13)19/h5-6,8-9,16H,2-4,7,10H2,1H3/t16-/m0/s1. The summed E-state index contributed by atoms with van der Waals surface area (Å²) in [5.74, 6) is 0.488. The van der Waals surface area contributed by atoms with Gasteiger partial charge < -0.3 is 9.26 Å². The number of hydrogen-bond acceptors (Lipinski definition) is 5. The Balaban J connectivity index is 1.76. The second-order valence-corrected chi connectivity index (χ2v) is 6.65. The van der Waals surface area contributed by atoms with Gasteiger partial charge in [0.1, 0.15) is 11.7 Å². The van der Waals surface area contributed by atoms with Crippen LogP contribution in [0.5, 0.6) is 0 Å². The molecule has 3 rings (SSSR count). The summed E-state index contributed by atoms with van der Waals surface area (Å²) >= 11 is 12.1. The molecule has 0 aliphatic carbocycles. The molecule has 24 heavy (non-hydrogen) atoms. The molecule has 1 aromatic heterocycles. The van der Waals surface area contributed by atoms with Crippen molar-refractivity contribution in [3.05, 3.63) is 40.1 Å². The molecule has 0 unspecified atom stereocenters. The van der Waals surface area contributed by atoms with E-state index in [9.17, 15) is 4.79 Å². The number of hydrogen-bond donors (Lipinski definition) is 0. The molecular weight excluding hydrogens is 351 g/mol. The zero-order chi connectivity index (χ0) is 17.1. The number of benzene rings is 1. The molecule has 1 aromatic carbocycles. The third kappa shape index (κ3) is 3.74. The van der Waals surface area contributed by atoms with Gasteiger partial charge >= 0.3 is 5.97 Å². The molecule has 1 fully saturated rings. The average molecular weight is 369 g/mol. The summed E-state index contributed by atoms with van der Waals surface area (Å²) in [6.07, 6.45) is 2.88. The molecule has 0 bridgehead atoms. The van der Waals surface area contributed by atoms with Crippen molar-refractivity contribution in [3.8, 4) is 11.3 Å². The van der Waals surface area contributed by atoms with Gasteiger partial charge in [-0.25, -0.2) is 0 Å². The summed E-state index contributed by atoms with van der Waals surface area (Å²) in [7, 11) is 1.42. The molecule has 128 valence electrons. The van der Waals surface area contributed by atoms with Crippen LogP contribution < -0.4 is 0 Å². The first-order valence-electron chi connectivity index (χ1n) is 7.81. The third-order valence-corrected chi connectivity index (χ3v) is 4.76. The zero-order valence-corrected chi connectivity index (χ0v) is 14.8. The van der Waals surface area contributed by atoms with E-state index in [2.05, 4.69) is 10.1 Å². The van der Waals surface area contributed by atoms with Gasteiger partial charge in [-0.1, -0.05) is 34.8 Å². The van der Waals surface area contributed by atoms with E-state index in [4.69, 9.17) is 32.5 Å². The monoisotopic (exact) mass is 368 g/mol. The Morgan fingerprint density at radius 2 is 2.21 bits per heavy atom. The predicted octanol–water partition coefficient (Wildman–Crippen LogP) is 4.18. The lowest BCUT2D eigenvalue weighted by molar-refractivity contribution is -0.148. The van der Waals surface area contributed by atoms with E-state index < -0.39 is 0 Å². The molecule has 5 nitrogen and oxygen atoms in total. The summed E-state index contributed by atoms with van der Waals surface area (Å²) < 4.78 is 10.3. The Labute approximate surface area is 150 Å². The average Bonchev–Trinajstić information content (AvgIpc) is 3.03. The molecule has 2 heterocycles. The second kappa shape index (κ2) is 7.55. The number of carbonyl (C=O) groups excluding carboxylic acids is 1. The highest BCUT2D eigenvalue weighted by Crippen LogP contribution is 2.30. The normalized spacial score (nSPS) is 18.5. The fraction of sp³-hybridized carbons (Fsp3) is 0.412. The molecule has 2 aromatic rings. The first-order valence-corrected chi connectivity index (χ1v) is 8.57. The number of nitrogens with zero attached hydrogens (tertiary/aromatic N) is 2. The van der Waals surface area contributed by atoms with Crippen LogP contribution in [0.2, 0.25) is 10.0 Å². The fourth-order valence-electron chi connectivity index (χ4n) is 3.00. The lowest BCUT2D eigenvalue weighted by Gasteiger charge is -2.32. The van der Waals surface area contributed by atoms with E-state index in [1.165, 1.54) is 7.11 Å². The number of ether oxygens (including phenoxy) is 1. The molecular formula is C17H18Cl2N2O3. The van der Waals surface area contributed by atoms with Crippen molar-refractivity contribution < 1.29 is 14.1 Å². The minimum atomic E-state index is -0.226. The van der Waals surface area contributed by atoms with Crippen molar-refractivity contribution in [1.82, 2.24) is 10.1 Å². The maximum absolute atomic E-state index is 11.9. The second-order valence-electron chi connectivity index (χ2n) is 5.81. The van der Waals surface area contributed by atoms with Crippen LogP contribution in [0, 0.1) is 0 Å². The van der Waals surface area contributed by atoms with E-state index in [1.807, 2.05) is 12.1 Å². The Hall–Kier alpha value is -1.56. The number of rotatable bonds is 4. The first-order chi connectivity index (χ1) is 11.6. The molecule has 1 atom stereocenters. The Morgan fingerprint density at radius 3 is 2.96 bits per heavy atom. The van der Waals surface area contributed by atoms with Crippen molar-refractivity contribution in [3.63, 3.8) is 0 Å². The third-order valence-electron chi connectivity index (χ3n) is 4.21. The van der Waals surface area contributed by atoms with Crippen LogP contribution in [0.25, 0.3) is 11.3 Å². The molecule has 0 amide bonds. The SMILES string of the molecule is COC(=O)[C@@H]1CCCCN1Cc1cc(-c2ccc(Cl)cc2Cl)no1. The Bertz CT molecular complexity index is 732. The number of esters is 1. The van der Waals surface area contributed by atoms with Crippen LogP contribution in [-0.2, 0) is 16.1 Å². The Kier molecular flexibility index (Phi) is 5.43. The Morgan fingerprint density at radius 1 is 1.38 bits per heavy atom. The number of halogens is 2. The van der Waals surface area contributed by atoms with Crippen LogP contribution in [-0.4, -0.2) is 35.7 Å². The smallest absolute Gasteiger partial charge is 0.323 e. The van der Waals surface area contributed by atoms with Gasteiger partial charge in [0.05, 0.1) is 18.7 Å². The minimum Gasteiger partial charge on any atom is -0.468 e. The van der Waals surface area contributed by atoms with Crippen LogP contribution in [0.1, 0.15) is 25.0 Å². The maximum atomic E-state index is 11.9. The minimum absolute atomic E-state index is 0.199. The van der Waals surface area contributed by atoms with Gasteiger partial charge in [-0.05, 0) is 37.6 Å². The summed E-state index contributed by atoms with van der Waals surface area (Å²) in [5, 5.41) is 5.18. The van der Waals surface area contributed by atoms with Crippen LogP contribution in [0.4, 0.5) is 0 Å². The van der Waals surface area contributed by atoms with Gasteiger partial charge in [-0.3, -0.25) is 9.69 Å². The maximum Gasteiger partial charge on any atom is 0.323 e. The quantitative estimate of drug-likeness (QED) is 0.757. The summed E-state index contributed by atoms with van der Waals surface area (Å²) in [4.78, 5) is 14.0. The molecule has 1 saturated heterocycles. The highest BCUT2D eigenvalue weighted by molar-refractivity contribution is 6.36. The van der Waals surface area contributed by atoms with E-state index >= 15 is 0 Å². The topological polar surface area (TPSA) is 55.6 Å². The highest BCUT2D eigenvalue weighted by atomic mass is 35.5. The van der Waals surface area contributed by atoms with Crippen LogP contribution >= 0.6 is 23.2 Å². The molecule has 1 aliphatic heterocycles. The van der Waals surface area contributed by atoms with Crippen LogP contribution in [0.3, 0.4) is 0 Å². The van der Waals surface area contributed by atoms with Gasteiger partial charge in [0.2, 0.25) is 0 Å². The lowest BCUT2D eigenvalue weighted by atomic mass is 10.0. The number of methoxy groups -OCH3 is 1. The molecule has 1 aliphatic rings. The summed E-state index contributed by atoms with van der Waals surface area (Å²) in [6, 6.07) is 6.86. The number of piperidine rings is 1. The van der Waals surface area contributed by atoms with Crippen molar-refractivity contribution in [2.24, 2.45) is 0 Å². The number of carbonyl (C=O) groups is 1. The molecule has 0 radical (unpaired) electrons. The lowest BCUT2D eigenvalue weighted by Crippen LogP contribution is -2.44. The number of likely N-dealkylation sites (tertiary alicyclic amines) is 1. The van der Waals surface area contributed by atoms with Gasteiger partial charge in [0.15, 0.2) is 5.76 Å². The fourth-order valence-corrected chi connectivity index (χ4v) is 3.50. The number of aromatic nitrogens is 1. The van der Waals surface area contributed by atoms with Gasteiger partial charge in [-0.15, -0.1) is 0 Å². The van der Waals surface area contributed by atoms with Crippen molar-refractivity contribution in [2.45, 2.75) is 31.8 Å². The van der Waals surface area contributed by atoms with Gasteiger partial charge in [-0.2, -0.15) is 0 Å². The molecule has 0 saturated carbocycles. The predicted molar refractivity (Wildman–Crippen MR) is 92.0 cm³/mol. The molecule has 7 heteroatoms. The van der Waals surface area contributed by atoms with Crippen molar-refractivity contribution in [1.29, 1.82) is 0 Å². The summed E-state index contributed by atoms with van der Waals surface area (Å²) in [6.45, 7) is 1.34. The van der Waals surface area contributed by atoms with E-state index in [1.54, 1.807) is 12.1 Å². The van der Waals surface area contributed by atoms with Gasteiger partial charge in [0, 0.05) is 16.7 Å². The van der Waals surface area contributed by atoms with Crippen molar-refractivity contribution >= 4 is 29.2 Å². The van der Waals surface area contributed by atoms with Gasteiger partial charge in [0.25, 0.3) is 0 Å². The first kappa shape index (κ1) is 17.3. The summed E-state index contributed by atoms with van der Waals surface area (Å²) in [5.41, 5.74) is 1.41. The van der Waals surface area contributed by atoms with Crippen LogP contribution in [0.15, 0.2) is 28.8 Å². The highest BCUT2D eigenvalue weighted by Gasteiger charge is 2.30. The molecule has 0 spiro atoms. The van der Waals surface area contributed by atoms with E-state index in [0.717, 1.165) is 31.4 Å².